The number of hydrogen-bond acceptors (Lipinski definition) is 4. The summed E-state index contributed by atoms with van der Waals surface area (Å²) in [6.45, 7) is 0. The minimum absolute atomic E-state index is 0.0849. The second kappa shape index (κ2) is 6.23. The van der Waals surface area contributed by atoms with E-state index in [2.05, 4.69) is 5.32 Å². The van der Waals surface area contributed by atoms with Gasteiger partial charge in [0.1, 0.15) is 16.3 Å². The van der Waals surface area contributed by atoms with Gasteiger partial charge in [0, 0.05) is 11.8 Å². The van der Waals surface area contributed by atoms with Crippen LogP contribution >= 0.6 is 11.6 Å². The Morgan fingerprint density at radius 1 is 1.29 bits per heavy atom. The highest BCUT2D eigenvalue weighted by atomic mass is 35.5. The molecule has 1 N–H and O–H groups in total. The first-order valence-electron chi connectivity index (χ1n) is 5.91. The minimum atomic E-state index is -0.678. The lowest BCUT2D eigenvalue weighted by Gasteiger charge is -2.08. The van der Waals surface area contributed by atoms with E-state index < -0.39 is 16.5 Å². The van der Waals surface area contributed by atoms with Crippen LogP contribution in [0.1, 0.15) is 10.4 Å². The molecule has 1 amide bonds. The molecule has 0 bridgehead atoms. The smallest absolute Gasteiger partial charge is 0.300 e. The number of nitro benzene ring substituents is 1. The molecule has 7 heteroatoms. The molecule has 0 fully saturated rings. The van der Waals surface area contributed by atoms with Gasteiger partial charge in [-0.1, -0.05) is 23.7 Å². The number of ether oxygens (including phenoxy) is 1. The summed E-state index contributed by atoms with van der Waals surface area (Å²) in [6.07, 6.45) is 0. The first-order valence-corrected chi connectivity index (χ1v) is 6.29. The summed E-state index contributed by atoms with van der Waals surface area (Å²) in [5, 5.41) is 13.5. The van der Waals surface area contributed by atoms with E-state index in [4.69, 9.17) is 16.3 Å². The zero-order valence-electron chi connectivity index (χ0n) is 11.0. The normalized spacial score (nSPS) is 10.0. The number of nitrogens with one attached hydrogen (secondary N) is 1. The maximum absolute atomic E-state index is 12.2. The van der Waals surface area contributed by atoms with Crippen LogP contribution in [0.2, 0.25) is 5.02 Å². The lowest BCUT2D eigenvalue weighted by molar-refractivity contribution is -0.385. The summed E-state index contributed by atoms with van der Waals surface area (Å²) in [5.41, 5.74) is -0.0523. The average molecular weight is 307 g/mol. The van der Waals surface area contributed by atoms with Crippen molar-refractivity contribution in [1.82, 2.24) is 0 Å². The Balaban J connectivity index is 2.32. The number of anilines is 1. The lowest BCUT2D eigenvalue weighted by atomic mass is 10.1. The molecule has 0 heterocycles. The van der Waals surface area contributed by atoms with Crippen LogP contribution in [0.3, 0.4) is 0 Å². The van der Waals surface area contributed by atoms with Gasteiger partial charge in [0.15, 0.2) is 0 Å². The van der Waals surface area contributed by atoms with Gasteiger partial charge in [-0.3, -0.25) is 14.9 Å². The molecule has 0 radical (unpaired) electrons. The number of hydrogen-bond donors (Lipinski definition) is 1. The molecule has 0 unspecified atom stereocenters. The highest BCUT2D eigenvalue weighted by Crippen LogP contribution is 2.29. The molecule has 2 rings (SSSR count). The zero-order valence-corrected chi connectivity index (χ0v) is 11.8. The molecule has 6 nitrogen and oxygen atoms in total. The molecule has 0 aromatic heterocycles. The fourth-order valence-corrected chi connectivity index (χ4v) is 2.03. The molecular weight excluding hydrogens is 296 g/mol. The van der Waals surface area contributed by atoms with E-state index >= 15 is 0 Å². The number of benzene rings is 2. The molecule has 0 saturated carbocycles. The number of rotatable bonds is 4. The van der Waals surface area contributed by atoms with E-state index in [9.17, 15) is 14.9 Å². The number of methoxy groups -OCH3 is 1. The predicted octanol–water partition coefficient (Wildman–Crippen LogP) is 3.51. The molecule has 0 aliphatic carbocycles. The topological polar surface area (TPSA) is 81.5 Å². The molecule has 2 aromatic carbocycles. The first kappa shape index (κ1) is 14.8. The predicted molar refractivity (Wildman–Crippen MR) is 79.1 cm³/mol. The lowest BCUT2D eigenvalue weighted by Crippen LogP contribution is -2.14. The van der Waals surface area contributed by atoms with Gasteiger partial charge < -0.3 is 10.1 Å². The van der Waals surface area contributed by atoms with Gasteiger partial charge in [-0.2, -0.15) is 0 Å². The van der Waals surface area contributed by atoms with Crippen molar-refractivity contribution in [2.75, 3.05) is 12.4 Å². The number of nitrogens with zero attached hydrogens (tertiary/aromatic N) is 1. The van der Waals surface area contributed by atoms with E-state index in [1.807, 2.05) is 0 Å². The van der Waals surface area contributed by atoms with Crippen molar-refractivity contribution in [3.05, 3.63) is 63.2 Å². The summed E-state index contributed by atoms with van der Waals surface area (Å²) in [4.78, 5) is 22.5. The molecule has 0 saturated heterocycles. The Morgan fingerprint density at radius 2 is 2.00 bits per heavy atom. The number of carbonyl (C=O) groups excluding carboxylic acids is 1. The van der Waals surface area contributed by atoms with Crippen LogP contribution in [0, 0.1) is 10.1 Å². The van der Waals surface area contributed by atoms with E-state index in [0.717, 1.165) is 0 Å². The maximum atomic E-state index is 12.2. The van der Waals surface area contributed by atoms with Crippen molar-refractivity contribution in [2.24, 2.45) is 0 Å². The van der Waals surface area contributed by atoms with Gasteiger partial charge in [0.2, 0.25) is 0 Å². The Bertz CT molecular complexity index is 703. The molecule has 2 aromatic rings. The summed E-state index contributed by atoms with van der Waals surface area (Å²) >= 11 is 5.78. The van der Waals surface area contributed by atoms with E-state index in [-0.39, 0.29) is 10.6 Å². The second-order valence-corrected chi connectivity index (χ2v) is 4.49. The average Bonchev–Trinajstić information content (AvgIpc) is 2.46. The molecule has 108 valence electrons. The van der Waals surface area contributed by atoms with Crippen molar-refractivity contribution in [2.45, 2.75) is 0 Å². The van der Waals surface area contributed by atoms with Crippen LogP contribution in [-0.2, 0) is 0 Å². The van der Waals surface area contributed by atoms with Crippen molar-refractivity contribution in [1.29, 1.82) is 0 Å². The summed E-state index contributed by atoms with van der Waals surface area (Å²) in [7, 11) is 1.50. The second-order valence-electron chi connectivity index (χ2n) is 4.08. The fraction of sp³-hybridized carbons (Fsp3) is 0.0714. The Kier molecular flexibility index (Phi) is 4.39. The maximum Gasteiger partial charge on any atom is 0.300 e. The highest BCUT2D eigenvalue weighted by molar-refractivity contribution is 6.33. The number of halogens is 1. The Labute approximate surface area is 125 Å². The zero-order chi connectivity index (χ0) is 15.4. The number of carbonyl (C=O) groups is 1. The van der Waals surface area contributed by atoms with Gasteiger partial charge in [0.05, 0.1) is 12.0 Å². The van der Waals surface area contributed by atoms with E-state index in [0.29, 0.717) is 11.4 Å². The number of para-hydroxylation sites is 1. The van der Waals surface area contributed by atoms with Gasteiger partial charge in [-0.15, -0.1) is 0 Å². The van der Waals surface area contributed by atoms with Crippen molar-refractivity contribution >= 4 is 28.9 Å². The Hall–Kier alpha value is -2.60. The fourth-order valence-electron chi connectivity index (χ4n) is 1.78. The number of nitro groups is 1. The third kappa shape index (κ3) is 3.29. The van der Waals surface area contributed by atoms with Gasteiger partial charge in [-0.25, -0.2) is 0 Å². The monoisotopic (exact) mass is 306 g/mol. The van der Waals surface area contributed by atoms with E-state index in [1.165, 1.54) is 25.3 Å². The van der Waals surface area contributed by atoms with Gasteiger partial charge in [0.25, 0.3) is 5.91 Å². The third-order valence-corrected chi connectivity index (χ3v) is 3.05. The highest BCUT2D eigenvalue weighted by Gasteiger charge is 2.23. The van der Waals surface area contributed by atoms with Crippen molar-refractivity contribution in [3.8, 4) is 5.75 Å². The van der Waals surface area contributed by atoms with Crippen molar-refractivity contribution < 1.29 is 14.5 Å². The molecular formula is C14H11ClN2O4. The largest absolute Gasteiger partial charge is 0.497 e. The Morgan fingerprint density at radius 3 is 2.67 bits per heavy atom. The van der Waals surface area contributed by atoms with Crippen LogP contribution < -0.4 is 10.1 Å². The van der Waals surface area contributed by atoms with Crippen LogP contribution in [0.5, 0.6) is 5.75 Å². The minimum Gasteiger partial charge on any atom is -0.497 e. The molecule has 21 heavy (non-hydrogen) atoms. The summed E-state index contributed by atoms with van der Waals surface area (Å²) in [5.74, 6) is -0.0501. The summed E-state index contributed by atoms with van der Waals surface area (Å²) in [6, 6.07) is 10.9. The molecule has 0 aliphatic heterocycles. The third-order valence-electron chi connectivity index (χ3n) is 2.74. The molecule has 0 aliphatic rings. The molecule has 0 spiro atoms. The van der Waals surface area contributed by atoms with Crippen LogP contribution in [-0.4, -0.2) is 17.9 Å². The number of amides is 1. The van der Waals surface area contributed by atoms with Crippen LogP contribution in [0.15, 0.2) is 42.5 Å². The van der Waals surface area contributed by atoms with Gasteiger partial charge in [-0.05, 0) is 24.3 Å². The van der Waals surface area contributed by atoms with Crippen LogP contribution in [0.25, 0.3) is 0 Å². The standard InChI is InChI=1S/C14H11ClN2O4/c1-21-10-5-2-4-9(8-10)16-14(18)11-6-3-7-12(15)13(11)17(19)20/h2-8H,1H3,(H,16,18). The molecule has 0 atom stereocenters. The van der Waals surface area contributed by atoms with Gasteiger partial charge >= 0.3 is 5.69 Å². The van der Waals surface area contributed by atoms with Crippen LogP contribution in [0.4, 0.5) is 11.4 Å². The summed E-state index contributed by atoms with van der Waals surface area (Å²) < 4.78 is 5.04. The quantitative estimate of drug-likeness (QED) is 0.692. The van der Waals surface area contributed by atoms with Crippen molar-refractivity contribution in [3.63, 3.8) is 0 Å². The first-order chi connectivity index (χ1) is 10.0. The van der Waals surface area contributed by atoms with E-state index in [1.54, 1.807) is 24.3 Å². The SMILES string of the molecule is COc1cccc(NC(=O)c2cccc(Cl)c2[N+](=O)[O-])c1.